The number of methoxy groups -OCH3 is 2. The Morgan fingerprint density at radius 2 is 1.84 bits per heavy atom. The van der Waals surface area contributed by atoms with E-state index in [-0.39, 0.29) is 18.5 Å². The predicted octanol–water partition coefficient (Wildman–Crippen LogP) is 1.56. The minimum atomic E-state index is -3.29. The van der Waals surface area contributed by atoms with Crippen LogP contribution in [0.5, 0.6) is 11.5 Å². The van der Waals surface area contributed by atoms with E-state index in [0.717, 1.165) is 31.1 Å². The minimum absolute atomic E-state index is 0.142. The van der Waals surface area contributed by atoms with Crippen molar-refractivity contribution in [1.29, 1.82) is 0 Å². The molecule has 0 saturated carbocycles. The lowest BCUT2D eigenvalue weighted by molar-refractivity contribution is 0.0618. The number of benzene rings is 1. The fraction of sp³-hybridized carbons (Fsp3) is 0.588. The second-order valence-corrected chi connectivity index (χ2v) is 8.11. The number of likely N-dealkylation sites (tertiary alicyclic amines) is 1. The molecule has 1 fully saturated rings. The number of piperidine rings is 1. The number of hydrogen-bond donors (Lipinski definition) is 1. The van der Waals surface area contributed by atoms with Crippen LogP contribution in [0.3, 0.4) is 0 Å². The molecule has 1 aliphatic rings. The van der Waals surface area contributed by atoms with Crippen molar-refractivity contribution in [2.75, 3.05) is 33.6 Å². The van der Waals surface area contributed by atoms with Gasteiger partial charge in [-0.05, 0) is 38.3 Å². The van der Waals surface area contributed by atoms with Crippen molar-refractivity contribution in [3.8, 4) is 11.5 Å². The first-order chi connectivity index (χ1) is 11.8. The van der Waals surface area contributed by atoms with Crippen molar-refractivity contribution < 1.29 is 22.7 Å². The van der Waals surface area contributed by atoms with Crippen LogP contribution in [-0.4, -0.2) is 58.8 Å². The van der Waals surface area contributed by atoms with Gasteiger partial charge in [0, 0.05) is 30.3 Å². The molecule has 1 N–H and O–H groups in total. The fourth-order valence-corrected chi connectivity index (χ4v) is 3.60. The van der Waals surface area contributed by atoms with Crippen LogP contribution in [0.15, 0.2) is 12.1 Å². The van der Waals surface area contributed by atoms with Gasteiger partial charge in [0.2, 0.25) is 10.0 Å². The Morgan fingerprint density at radius 3 is 2.36 bits per heavy atom. The summed E-state index contributed by atoms with van der Waals surface area (Å²) in [7, 11) is -0.189. The molecule has 1 unspecified atom stereocenters. The molecule has 0 bridgehead atoms. The van der Waals surface area contributed by atoms with Crippen molar-refractivity contribution in [2.45, 2.75) is 32.2 Å². The van der Waals surface area contributed by atoms with Crippen LogP contribution < -0.4 is 14.2 Å². The summed E-state index contributed by atoms with van der Waals surface area (Å²) in [6.07, 6.45) is 3.77. The molecule has 1 atom stereocenters. The van der Waals surface area contributed by atoms with Crippen molar-refractivity contribution >= 4 is 15.9 Å². The van der Waals surface area contributed by atoms with E-state index in [2.05, 4.69) is 4.72 Å². The number of rotatable bonds is 6. The van der Waals surface area contributed by atoms with E-state index < -0.39 is 10.0 Å². The number of ether oxygens (including phenoxy) is 2. The van der Waals surface area contributed by atoms with Crippen LogP contribution in [0, 0.1) is 6.92 Å². The number of nitrogens with zero attached hydrogens (tertiary/aromatic N) is 1. The maximum absolute atomic E-state index is 13.0. The molecule has 1 aromatic carbocycles. The predicted molar refractivity (Wildman–Crippen MR) is 95.8 cm³/mol. The van der Waals surface area contributed by atoms with Crippen LogP contribution in [0.1, 0.15) is 35.2 Å². The van der Waals surface area contributed by atoms with Gasteiger partial charge < -0.3 is 14.4 Å². The molecule has 1 aromatic rings. The Morgan fingerprint density at radius 1 is 1.24 bits per heavy atom. The van der Waals surface area contributed by atoms with E-state index >= 15 is 0 Å². The van der Waals surface area contributed by atoms with Gasteiger partial charge in [0.1, 0.15) is 11.5 Å². The molecule has 1 amide bonds. The van der Waals surface area contributed by atoms with Gasteiger partial charge in [0.25, 0.3) is 5.91 Å². The number of sulfonamides is 1. The highest BCUT2D eigenvalue weighted by atomic mass is 32.2. The number of amides is 1. The quantitative estimate of drug-likeness (QED) is 0.821. The highest BCUT2D eigenvalue weighted by molar-refractivity contribution is 7.88. The molecule has 25 heavy (non-hydrogen) atoms. The van der Waals surface area contributed by atoms with E-state index in [1.807, 2.05) is 6.92 Å². The highest BCUT2D eigenvalue weighted by Crippen LogP contribution is 2.31. The second kappa shape index (κ2) is 8.05. The number of hydrogen-bond acceptors (Lipinski definition) is 5. The van der Waals surface area contributed by atoms with Gasteiger partial charge in [-0.2, -0.15) is 0 Å². The molecule has 2 rings (SSSR count). The zero-order chi connectivity index (χ0) is 18.6. The number of nitrogens with one attached hydrogen (secondary N) is 1. The van der Waals surface area contributed by atoms with Crippen LogP contribution in [0.25, 0.3) is 0 Å². The molecule has 0 radical (unpaired) electrons. The van der Waals surface area contributed by atoms with Crippen LogP contribution in [0.2, 0.25) is 0 Å². The van der Waals surface area contributed by atoms with E-state index in [1.165, 1.54) is 0 Å². The van der Waals surface area contributed by atoms with Crippen LogP contribution in [0.4, 0.5) is 0 Å². The lowest BCUT2D eigenvalue weighted by Gasteiger charge is -2.36. The SMILES string of the molecule is COc1cc(C(=O)N2CCCCC2CNS(C)(=O)=O)cc(OC)c1C. The van der Waals surface area contributed by atoms with Gasteiger partial charge >= 0.3 is 0 Å². The summed E-state index contributed by atoms with van der Waals surface area (Å²) in [6.45, 7) is 2.70. The zero-order valence-corrected chi connectivity index (χ0v) is 16.0. The number of carbonyl (C=O) groups excluding carboxylic acids is 1. The molecule has 0 spiro atoms. The lowest BCUT2D eigenvalue weighted by Crippen LogP contribution is -2.49. The van der Waals surface area contributed by atoms with Crippen molar-refractivity contribution in [2.24, 2.45) is 0 Å². The average Bonchev–Trinajstić information content (AvgIpc) is 2.59. The third-order valence-corrected chi connectivity index (χ3v) is 5.16. The molecular formula is C17H26N2O5S. The first-order valence-corrected chi connectivity index (χ1v) is 10.1. The number of carbonyl (C=O) groups is 1. The zero-order valence-electron chi connectivity index (χ0n) is 15.2. The Hall–Kier alpha value is -1.80. The summed E-state index contributed by atoms with van der Waals surface area (Å²) in [4.78, 5) is 14.8. The van der Waals surface area contributed by atoms with Crippen molar-refractivity contribution in [1.82, 2.24) is 9.62 Å². The highest BCUT2D eigenvalue weighted by Gasteiger charge is 2.29. The summed E-state index contributed by atoms with van der Waals surface area (Å²) < 4.78 is 36.0. The Bertz CT molecular complexity index is 708. The Labute approximate surface area is 149 Å². The van der Waals surface area contributed by atoms with E-state index in [0.29, 0.717) is 23.6 Å². The Balaban J connectivity index is 2.27. The summed E-state index contributed by atoms with van der Waals surface area (Å²) >= 11 is 0. The standard InChI is InChI=1S/C17H26N2O5S/c1-12-15(23-2)9-13(10-16(12)24-3)17(20)19-8-6-5-7-14(19)11-18-25(4,21)22/h9-10,14,18H,5-8,11H2,1-4H3. The molecule has 0 aromatic heterocycles. The van der Waals surface area contributed by atoms with Gasteiger partial charge in [-0.3, -0.25) is 4.79 Å². The monoisotopic (exact) mass is 370 g/mol. The van der Waals surface area contributed by atoms with Gasteiger partial charge in [0.05, 0.1) is 20.5 Å². The van der Waals surface area contributed by atoms with Crippen molar-refractivity contribution in [3.63, 3.8) is 0 Å². The molecule has 140 valence electrons. The molecule has 1 saturated heterocycles. The van der Waals surface area contributed by atoms with Crippen LogP contribution in [-0.2, 0) is 10.0 Å². The van der Waals surface area contributed by atoms with Crippen molar-refractivity contribution in [3.05, 3.63) is 23.3 Å². The first-order valence-electron chi connectivity index (χ1n) is 8.25. The van der Waals surface area contributed by atoms with Gasteiger partial charge in [-0.15, -0.1) is 0 Å². The van der Waals surface area contributed by atoms with Crippen LogP contribution >= 0.6 is 0 Å². The van der Waals surface area contributed by atoms with Gasteiger partial charge in [0.15, 0.2) is 0 Å². The largest absolute Gasteiger partial charge is 0.496 e. The first kappa shape index (κ1) is 19.5. The fourth-order valence-electron chi connectivity index (χ4n) is 3.10. The molecule has 0 aliphatic carbocycles. The third kappa shape index (κ3) is 4.85. The average molecular weight is 370 g/mol. The van der Waals surface area contributed by atoms with E-state index in [4.69, 9.17) is 9.47 Å². The summed E-state index contributed by atoms with van der Waals surface area (Å²) in [6, 6.07) is 3.25. The van der Waals surface area contributed by atoms with E-state index in [1.54, 1.807) is 31.3 Å². The minimum Gasteiger partial charge on any atom is -0.496 e. The second-order valence-electron chi connectivity index (χ2n) is 6.27. The third-order valence-electron chi connectivity index (χ3n) is 4.47. The summed E-state index contributed by atoms with van der Waals surface area (Å²) in [5.41, 5.74) is 1.31. The normalized spacial score (nSPS) is 18.1. The lowest BCUT2D eigenvalue weighted by atomic mass is 10.00. The smallest absolute Gasteiger partial charge is 0.254 e. The molecule has 1 heterocycles. The molecule has 1 aliphatic heterocycles. The summed E-state index contributed by atoms with van der Waals surface area (Å²) in [5.74, 6) is 1.03. The maximum atomic E-state index is 13.0. The van der Waals surface area contributed by atoms with Gasteiger partial charge in [-0.1, -0.05) is 0 Å². The molecule has 8 heteroatoms. The molecule has 7 nitrogen and oxygen atoms in total. The topological polar surface area (TPSA) is 84.9 Å². The molecular weight excluding hydrogens is 344 g/mol. The van der Waals surface area contributed by atoms with E-state index in [9.17, 15) is 13.2 Å². The maximum Gasteiger partial charge on any atom is 0.254 e. The summed E-state index contributed by atoms with van der Waals surface area (Å²) in [5, 5.41) is 0. The Kier molecular flexibility index (Phi) is 6.29. The van der Waals surface area contributed by atoms with Gasteiger partial charge in [-0.25, -0.2) is 13.1 Å².